The number of unbranched alkanes of at least 4 members (excludes halogenated alkanes) is 1. The Hall–Kier alpha value is -1.56. The molecule has 0 bridgehead atoms. The second-order valence-electron chi connectivity index (χ2n) is 4.04. The van der Waals surface area contributed by atoms with E-state index in [-0.39, 0.29) is 5.56 Å². The average molecular weight is 271 g/mol. The Morgan fingerprint density at radius 1 is 1.28 bits per heavy atom. The maximum atomic E-state index is 11.7. The van der Waals surface area contributed by atoms with Gasteiger partial charge in [-0.15, -0.1) is 0 Å². The highest BCUT2D eigenvalue weighted by atomic mass is 32.2. The van der Waals surface area contributed by atoms with Crippen LogP contribution >= 0.6 is 0 Å². The van der Waals surface area contributed by atoms with Crippen molar-refractivity contribution in [3.05, 3.63) is 29.8 Å². The van der Waals surface area contributed by atoms with E-state index < -0.39 is 16.0 Å². The Morgan fingerprint density at radius 2 is 1.83 bits per heavy atom. The summed E-state index contributed by atoms with van der Waals surface area (Å²) >= 11 is 0. The second kappa shape index (κ2) is 5.86. The summed E-state index contributed by atoms with van der Waals surface area (Å²) in [5.41, 5.74) is 0.638. The van der Waals surface area contributed by atoms with Crippen molar-refractivity contribution in [1.29, 1.82) is 0 Å². The molecular weight excluding hydrogens is 254 g/mol. The summed E-state index contributed by atoms with van der Waals surface area (Å²) in [7, 11) is -3.34. The molecule has 0 fully saturated rings. The number of benzene rings is 1. The minimum atomic E-state index is -3.34. The number of rotatable bonds is 6. The van der Waals surface area contributed by atoms with E-state index in [4.69, 9.17) is 5.11 Å². The first-order chi connectivity index (χ1) is 8.36. The minimum Gasteiger partial charge on any atom is -0.478 e. The zero-order valence-corrected chi connectivity index (χ0v) is 11.3. The standard InChI is InChI=1S/C12H17NO4S/c1-3-4-9-13(18(2,16)17)11-7-5-10(6-8-11)12(14)15/h5-8H,3-4,9H2,1-2H3,(H,14,15). The minimum absolute atomic E-state index is 0.141. The van der Waals surface area contributed by atoms with Crippen LogP contribution in [-0.4, -0.2) is 32.3 Å². The van der Waals surface area contributed by atoms with Crippen molar-refractivity contribution in [3.8, 4) is 0 Å². The molecule has 0 saturated carbocycles. The Balaban J connectivity index is 3.02. The first-order valence-electron chi connectivity index (χ1n) is 5.67. The number of carboxylic acids is 1. The van der Waals surface area contributed by atoms with Gasteiger partial charge in [0.1, 0.15) is 0 Å². The molecule has 0 spiro atoms. The van der Waals surface area contributed by atoms with Crippen LogP contribution in [0.2, 0.25) is 0 Å². The molecule has 1 N–H and O–H groups in total. The third-order valence-corrected chi connectivity index (χ3v) is 3.71. The van der Waals surface area contributed by atoms with E-state index in [2.05, 4.69) is 0 Å². The molecule has 0 unspecified atom stereocenters. The van der Waals surface area contributed by atoms with Crippen LogP contribution in [0, 0.1) is 0 Å². The van der Waals surface area contributed by atoms with Crippen molar-refractivity contribution in [3.63, 3.8) is 0 Å². The summed E-state index contributed by atoms with van der Waals surface area (Å²) in [6.45, 7) is 2.38. The Labute approximate surface area is 107 Å². The van der Waals surface area contributed by atoms with Crippen LogP contribution in [-0.2, 0) is 10.0 Å². The van der Waals surface area contributed by atoms with Crippen LogP contribution in [0.4, 0.5) is 5.69 Å². The lowest BCUT2D eigenvalue weighted by Gasteiger charge is -2.22. The highest BCUT2D eigenvalue weighted by Gasteiger charge is 2.16. The van der Waals surface area contributed by atoms with Crippen molar-refractivity contribution in [2.75, 3.05) is 17.1 Å². The normalized spacial score (nSPS) is 11.2. The average Bonchev–Trinajstić information content (AvgIpc) is 2.28. The molecule has 1 rings (SSSR count). The van der Waals surface area contributed by atoms with E-state index >= 15 is 0 Å². The van der Waals surface area contributed by atoms with Gasteiger partial charge in [0.25, 0.3) is 0 Å². The zero-order valence-electron chi connectivity index (χ0n) is 10.5. The lowest BCUT2D eigenvalue weighted by molar-refractivity contribution is 0.0697. The molecule has 1 aromatic carbocycles. The number of hydrogen-bond donors (Lipinski definition) is 1. The maximum Gasteiger partial charge on any atom is 0.335 e. The van der Waals surface area contributed by atoms with Crippen LogP contribution in [0.1, 0.15) is 30.1 Å². The largest absolute Gasteiger partial charge is 0.478 e. The SMILES string of the molecule is CCCCN(c1ccc(C(=O)O)cc1)S(C)(=O)=O. The fourth-order valence-corrected chi connectivity index (χ4v) is 2.52. The van der Waals surface area contributed by atoms with Gasteiger partial charge in [-0.25, -0.2) is 13.2 Å². The van der Waals surface area contributed by atoms with Gasteiger partial charge in [-0.05, 0) is 30.7 Å². The highest BCUT2D eigenvalue weighted by molar-refractivity contribution is 7.92. The molecule has 0 amide bonds. The summed E-state index contributed by atoms with van der Waals surface area (Å²) < 4.78 is 24.6. The molecule has 0 saturated heterocycles. The summed E-state index contributed by atoms with van der Waals surface area (Å²) in [6, 6.07) is 5.84. The van der Waals surface area contributed by atoms with Gasteiger partial charge in [0, 0.05) is 6.54 Å². The van der Waals surface area contributed by atoms with Gasteiger partial charge in [-0.2, -0.15) is 0 Å². The maximum absolute atomic E-state index is 11.7. The molecule has 0 radical (unpaired) electrons. The number of anilines is 1. The zero-order chi connectivity index (χ0) is 13.8. The van der Waals surface area contributed by atoms with E-state index in [1.54, 1.807) is 0 Å². The molecular formula is C12H17NO4S. The molecule has 5 nitrogen and oxygen atoms in total. The number of aromatic carboxylic acids is 1. The van der Waals surface area contributed by atoms with Gasteiger partial charge in [0.15, 0.2) is 0 Å². The smallest absolute Gasteiger partial charge is 0.335 e. The van der Waals surface area contributed by atoms with E-state index in [9.17, 15) is 13.2 Å². The highest BCUT2D eigenvalue weighted by Crippen LogP contribution is 2.19. The van der Waals surface area contributed by atoms with Crippen molar-refractivity contribution >= 4 is 21.7 Å². The number of nitrogens with zero attached hydrogens (tertiary/aromatic N) is 1. The molecule has 0 aliphatic carbocycles. The van der Waals surface area contributed by atoms with E-state index in [1.165, 1.54) is 28.6 Å². The molecule has 18 heavy (non-hydrogen) atoms. The van der Waals surface area contributed by atoms with Gasteiger partial charge in [-0.1, -0.05) is 13.3 Å². The second-order valence-corrected chi connectivity index (χ2v) is 5.95. The number of carboxylic acid groups (broad SMARTS) is 1. The fraction of sp³-hybridized carbons (Fsp3) is 0.417. The summed E-state index contributed by atoms with van der Waals surface area (Å²) in [6.07, 6.45) is 2.79. The van der Waals surface area contributed by atoms with E-state index in [0.717, 1.165) is 19.1 Å². The molecule has 0 aliphatic rings. The Bertz CT molecular complexity index is 507. The van der Waals surface area contributed by atoms with Crippen LogP contribution < -0.4 is 4.31 Å². The van der Waals surface area contributed by atoms with Gasteiger partial charge < -0.3 is 5.11 Å². The summed E-state index contributed by atoms with van der Waals surface area (Å²) in [5.74, 6) is -1.03. The number of sulfonamides is 1. The summed E-state index contributed by atoms with van der Waals surface area (Å²) in [5, 5.41) is 8.78. The first-order valence-corrected chi connectivity index (χ1v) is 7.52. The van der Waals surface area contributed by atoms with Gasteiger partial charge in [0.2, 0.25) is 10.0 Å². The predicted octanol–water partition coefficient (Wildman–Crippen LogP) is 1.95. The van der Waals surface area contributed by atoms with E-state index in [0.29, 0.717) is 12.2 Å². The van der Waals surface area contributed by atoms with Crippen LogP contribution in [0.25, 0.3) is 0 Å². The van der Waals surface area contributed by atoms with Gasteiger partial charge >= 0.3 is 5.97 Å². The van der Waals surface area contributed by atoms with Crippen molar-refractivity contribution in [1.82, 2.24) is 0 Å². The Kier molecular flexibility index (Phi) is 4.72. The molecule has 0 atom stereocenters. The molecule has 100 valence electrons. The van der Waals surface area contributed by atoms with Crippen LogP contribution in [0.15, 0.2) is 24.3 Å². The third-order valence-electron chi connectivity index (χ3n) is 2.52. The fourth-order valence-electron chi connectivity index (χ4n) is 1.56. The first kappa shape index (κ1) is 14.5. The van der Waals surface area contributed by atoms with Gasteiger partial charge in [0.05, 0.1) is 17.5 Å². The van der Waals surface area contributed by atoms with Crippen molar-refractivity contribution < 1.29 is 18.3 Å². The van der Waals surface area contributed by atoms with E-state index in [1.807, 2.05) is 6.92 Å². The predicted molar refractivity (Wildman–Crippen MR) is 70.5 cm³/mol. The van der Waals surface area contributed by atoms with Crippen molar-refractivity contribution in [2.24, 2.45) is 0 Å². The molecule has 1 aromatic rings. The third kappa shape index (κ3) is 3.73. The number of hydrogen-bond acceptors (Lipinski definition) is 3. The van der Waals surface area contributed by atoms with Crippen LogP contribution in [0.3, 0.4) is 0 Å². The molecule has 0 heterocycles. The van der Waals surface area contributed by atoms with Crippen LogP contribution in [0.5, 0.6) is 0 Å². The number of carbonyl (C=O) groups is 1. The molecule has 0 aromatic heterocycles. The molecule has 6 heteroatoms. The van der Waals surface area contributed by atoms with Crippen molar-refractivity contribution in [2.45, 2.75) is 19.8 Å². The topological polar surface area (TPSA) is 74.7 Å². The van der Waals surface area contributed by atoms with Gasteiger partial charge in [-0.3, -0.25) is 4.31 Å². The lowest BCUT2D eigenvalue weighted by atomic mass is 10.2. The molecule has 0 aliphatic heterocycles. The summed E-state index contributed by atoms with van der Waals surface area (Å²) in [4.78, 5) is 10.7. The lowest BCUT2D eigenvalue weighted by Crippen LogP contribution is -2.30. The quantitative estimate of drug-likeness (QED) is 0.858. The monoisotopic (exact) mass is 271 g/mol. The Morgan fingerprint density at radius 3 is 2.22 bits per heavy atom.